The van der Waals surface area contributed by atoms with Crippen molar-refractivity contribution >= 4 is 49.9 Å². The summed E-state index contributed by atoms with van der Waals surface area (Å²) >= 11 is 6.56. The average Bonchev–Trinajstić information content (AvgIpc) is 3.65. The minimum absolute atomic E-state index is 0.0268. The average molecular weight is 883 g/mol. The largest absolute Gasteiger partial charge is 0.396 e. The van der Waals surface area contributed by atoms with Crippen molar-refractivity contribution in [3.8, 4) is 23.0 Å². The second-order valence-electron chi connectivity index (χ2n) is 15.3. The first-order valence-corrected chi connectivity index (χ1v) is 20.3. The fourth-order valence-corrected chi connectivity index (χ4v) is 8.90. The van der Waals surface area contributed by atoms with Gasteiger partial charge in [-0.05, 0) is 54.5 Å². The number of aromatic nitrogens is 5. The number of fused-ring (bicyclic) bond motifs is 4. The van der Waals surface area contributed by atoms with Crippen LogP contribution in [0, 0.1) is 29.4 Å². The lowest BCUT2D eigenvalue weighted by molar-refractivity contribution is -0.176. The highest BCUT2D eigenvalue weighted by Crippen LogP contribution is 2.68. The van der Waals surface area contributed by atoms with Crippen LogP contribution in [0.25, 0.3) is 22.0 Å². The van der Waals surface area contributed by atoms with Crippen LogP contribution in [-0.4, -0.2) is 61.8 Å². The van der Waals surface area contributed by atoms with E-state index in [-0.39, 0.29) is 67.5 Å². The summed E-state index contributed by atoms with van der Waals surface area (Å²) in [4.78, 5) is 18.6. The van der Waals surface area contributed by atoms with Crippen molar-refractivity contribution in [3.05, 3.63) is 87.0 Å². The molecule has 2 fully saturated rings. The number of carbonyl (C=O) groups excluding carboxylic acids is 1. The fourth-order valence-electron chi connectivity index (χ4n) is 8.17. The van der Waals surface area contributed by atoms with Gasteiger partial charge in [0.05, 0.1) is 52.4 Å². The fraction of sp³-hybridized carbons (Fsp3) is 0.368. The van der Waals surface area contributed by atoms with Crippen LogP contribution in [0.2, 0.25) is 5.02 Å². The highest BCUT2D eigenvalue weighted by Gasteiger charge is 2.67. The van der Waals surface area contributed by atoms with E-state index in [0.717, 1.165) is 18.4 Å². The molecule has 22 heteroatoms. The van der Waals surface area contributed by atoms with Crippen molar-refractivity contribution in [1.82, 2.24) is 29.9 Å². The standard InChI is InChI=1S/C38H31ClF8N8O4S/c1-54-32-19(3-4-23(39)29(32)35(52-54)53-60(2,58)59)20-12-24(48)25(5-6-36(57)14-37(44,45)15-36)50-30(20)26(9-16-7-17(40)10-18(41)8-16)49-27(56)13-55-33-28(31(51-55)34(42)43)21-11-22(21)38(33,46)47/h3-4,7-8,10,12,21-22,26,34,57H,9,11,13-15,48H2,1-2H3,(H,49,56)(H,52,53)/t21-,22?,26-/m0/s1. The summed E-state index contributed by atoms with van der Waals surface area (Å²) in [5.41, 5.74) is 1.97. The molecule has 12 nitrogen and oxygen atoms in total. The zero-order valence-electron chi connectivity index (χ0n) is 31.1. The van der Waals surface area contributed by atoms with Gasteiger partial charge in [0.1, 0.15) is 40.9 Å². The van der Waals surface area contributed by atoms with E-state index < -0.39 is 107 Å². The van der Waals surface area contributed by atoms with Crippen molar-refractivity contribution in [2.75, 3.05) is 16.7 Å². The number of aliphatic hydroxyl groups is 1. The van der Waals surface area contributed by atoms with E-state index in [4.69, 9.17) is 17.3 Å². The molecule has 2 aromatic carbocycles. The summed E-state index contributed by atoms with van der Waals surface area (Å²) in [6.45, 7) is -1.01. The number of carbonyl (C=O) groups is 1. The number of alkyl halides is 6. The number of aryl methyl sites for hydroxylation is 1. The number of hydrogen-bond acceptors (Lipinski definition) is 8. The Morgan fingerprint density at radius 3 is 2.38 bits per heavy atom. The molecule has 3 heterocycles. The lowest BCUT2D eigenvalue weighted by atomic mass is 9.77. The van der Waals surface area contributed by atoms with E-state index in [1.165, 1.54) is 29.9 Å². The Bertz CT molecular complexity index is 2790. The van der Waals surface area contributed by atoms with Crippen LogP contribution in [0.1, 0.15) is 71.6 Å². The van der Waals surface area contributed by atoms with E-state index in [9.17, 15) is 44.7 Å². The van der Waals surface area contributed by atoms with E-state index >= 15 is 8.78 Å². The summed E-state index contributed by atoms with van der Waals surface area (Å²) in [6, 6.07) is 5.13. The molecule has 3 atom stereocenters. The number of rotatable bonds is 10. The number of sulfonamides is 1. The predicted octanol–water partition coefficient (Wildman–Crippen LogP) is 6.48. The molecule has 3 aliphatic rings. The molecule has 1 unspecified atom stereocenters. The highest BCUT2D eigenvalue weighted by molar-refractivity contribution is 7.92. The van der Waals surface area contributed by atoms with Gasteiger partial charge in [-0.25, -0.2) is 39.7 Å². The van der Waals surface area contributed by atoms with Gasteiger partial charge in [0.15, 0.2) is 5.82 Å². The van der Waals surface area contributed by atoms with Crippen LogP contribution < -0.4 is 15.8 Å². The molecule has 316 valence electrons. The van der Waals surface area contributed by atoms with Crippen LogP contribution in [-0.2, 0) is 40.8 Å². The topological polar surface area (TPSA) is 170 Å². The van der Waals surface area contributed by atoms with Crippen molar-refractivity contribution in [2.24, 2.45) is 13.0 Å². The maximum absolute atomic E-state index is 15.4. The quantitative estimate of drug-likeness (QED) is 0.0914. The molecule has 5 aromatic rings. The minimum Gasteiger partial charge on any atom is -0.396 e. The second kappa shape index (κ2) is 14.1. The Balaban J connectivity index is 1.29. The molecule has 0 bridgehead atoms. The lowest BCUT2D eigenvalue weighted by Gasteiger charge is -2.39. The molecule has 0 radical (unpaired) electrons. The number of anilines is 2. The van der Waals surface area contributed by atoms with Gasteiger partial charge in [0.2, 0.25) is 15.9 Å². The summed E-state index contributed by atoms with van der Waals surface area (Å²) in [5, 5.41) is 21.3. The lowest BCUT2D eigenvalue weighted by Crippen LogP contribution is -2.50. The maximum atomic E-state index is 15.4. The number of nitrogens with two attached hydrogens (primary N) is 1. The monoisotopic (exact) mass is 882 g/mol. The van der Waals surface area contributed by atoms with Crippen molar-refractivity contribution < 1.29 is 53.4 Å². The van der Waals surface area contributed by atoms with E-state index in [1.807, 2.05) is 0 Å². The normalized spacial score (nSPS) is 19.9. The zero-order chi connectivity index (χ0) is 43.4. The van der Waals surface area contributed by atoms with Gasteiger partial charge in [-0.3, -0.25) is 18.9 Å². The molecule has 0 aliphatic heterocycles. The third-order valence-electron chi connectivity index (χ3n) is 10.6. The van der Waals surface area contributed by atoms with Crippen molar-refractivity contribution in [1.29, 1.82) is 0 Å². The zero-order valence-corrected chi connectivity index (χ0v) is 32.7. The molecule has 0 spiro atoms. The Morgan fingerprint density at radius 1 is 1.07 bits per heavy atom. The summed E-state index contributed by atoms with van der Waals surface area (Å²) < 4.78 is 144. The molecular formula is C38H31ClF8N8O4S. The summed E-state index contributed by atoms with van der Waals surface area (Å²) in [5.74, 6) is -7.26. The number of nitrogens with zero attached hydrogens (tertiary/aromatic N) is 5. The van der Waals surface area contributed by atoms with Gasteiger partial charge in [0.25, 0.3) is 18.3 Å². The first-order chi connectivity index (χ1) is 27.9. The SMILES string of the molecule is Cn1nc(NS(C)(=O)=O)c2c(Cl)ccc(-c3cc(N)c(C#CC4(O)CC(F)(F)C4)nc3[C@H](Cc3cc(F)cc(F)c3)NC(=O)Cn3nc(C(F)F)c4c3C(F)(F)C3C[C@H]43)c21. The highest BCUT2D eigenvalue weighted by atomic mass is 35.5. The van der Waals surface area contributed by atoms with Gasteiger partial charge in [-0.2, -0.15) is 19.0 Å². The Kier molecular flexibility index (Phi) is 9.67. The van der Waals surface area contributed by atoms with Gasteiger partial charge in [-0.15, -0.1) is 0 Å². The van der Waals surface area contributed by atoms with E-state index in [1.54, 1.807) is 0 Å². The predicted molar refractivity (Wildman–Crippen MR) is 201 cm³/mol. The number of pyridine rings is 1. The van der Waals surface area contributed by atoms with Gasteiger partial charge >= 0.3 is 0 Å². The molecule has 3 aliphatic carbocycles. The van der Waals surface area contributed by atoms with Crippen molar-refractivity contribution in [3.63, 3.8) is 0 Å². The third kappa shape index (κ3) is 7.49. The molecule has 1 amide bonds. The van der Waals surface area contributed by atoms with Gasteiger partial charge in [-0.1, -0.05) is 23.6 Å². The number of nitrogens with one attached hydrogen (secondary N) is 2. The van der Waals surface area contributed by atoms with Crippen LogP contribution in [0.4, 0.5) is 46.6 Å². The molecular weight excluding hydrogens is 852 g/mol. The summed E-state index contributed by atoms with van der Waals surface area (Å²) in [6.07, 6.45) is -4.82. The van der Waals surface area contributed by atoms with Gasteiger partial charge in [0, 0.05) is 35.7 Å². The van der Waals surface area contributed by atoms with Crippen LogP contribution in [0.15, 0.2) is 36.4 Å². The van der Waals surface area contributed by atoms with E-state index in [2.05, 4.69) is 37.1 Å². The van der Waals surface area contributed by atoms with Crippen molar-refractivity contribution in [2.45, 2.75) is 68.1 Å². The Morgan fingerprint density at radius 2 is 1.75 bits per heavy atom. The first kappa shape index (κ1) is 41.3. The van der Waals surface area contributed by atoms with Crippen LogP contribution in [0.3, 0.4) is 0 Å². The Hall–Kier alpha value is -5.46. The number of nitrogen functional groups attached to an aromatic ring is 1. The number of halogens is 9. The minimum atomic E-state index is -3.91. The molecule has 2 saturated carbocycles. The molecule has 8 rings (SSSR count). The number of benzene rings is 2. The van der Waals surface area contributed by atoms with Crippen LogP contribution in [0.5, 0.6) is 0 Å². The first-order valence-electron chi connectivity index (χ1n) is 18.0. The van der Waals surface area contributed by atoms with E-state index in [0.29, 0.717) is 10.7 Å². The van der Waals surface area contributed by atoms with Crippen LogP contribution >= 0.6 is 11.6 Å². The Labute approximate surface area is 340 Å². The second-order valence-corrected chi connectivity index (χ2v) is 17.5. The number of hydrogen-bond donors (Lipinski definition) is 4. The summed E-state index contributed by atoms with van der Waals surface area (Å²) in [7, 11) is -2.46. The number of amides is 1. The molecule has 3 aromatic heterocycles. The smallest absolute Gasteiger partial charge is 0.293 e. The molecule has 5 N–H and O–H groups in total. The van der Waals surface area contributed by atoms with Gasteiger partial charge < -0.3 is 16.2 Å². The maximum Gasteiger partial charge on any atom is 0.293 e. The molecule has 60 heavy (non-hydrogen) atoms. The third-order valence-corrected chi connectivity index (χ3v) is 11.5. The molecule has 0 saturated heterocycles.